The number of nitrogens with two attached hydrogens (primary N) is 1. The van der Waals surface area contributed by atoms with Gasteiger partial charge in [0.2, 0.25) is 0 Å². The molecule has 1 amide bonds. The molecule has 2 atom stereocenters. The number of hydrogen-bond acceptors (Lipinski definition) is 3. The Kier molecular flexibility index (Phi) is 4.64. The number of hydrogen-bond donors (Lipinski definition) is 2. The number of nitrogen functional groups attached to an aromatic ring is 1. The molecule has 19 heavy (non-hydrogen) atoms. The molecular weight excluding hydrogens is 262 g/mol. The van der Waals surface area contributed by atoms with Crippen molar-refractivity contribution in [1.29, 1.82) is 0 Å². The maximum Gasteiger partial charge on any atom is 0.254 e. The minimum atomic E-state index is -0.174. The van der Waals surface area contributed by atoms with Gasteiger partial charge in [0, 0.05) is 6.04 Å². The second kappa shape index (κ2) is 6.24. The highest BCUT2D eigenvalue weighted by atomic mass is 35.5. The Hall–Kier alpha value is -1.29. The molecule has 2 rings (SSSR count). The summed E-state index contributed by atoms with van der Waals surface area (Å²) in [4.78, 5) is 16.1. The van der Waals surface area contributed by atoms with Crippen LogP contribution in [0.4, 0.5) is 5.69 Å². The third-order valence-corrected chi connectivity index (χ3v) is 4.10. The van der Waals surface area contributed by atoms with E-state index in [1.165, 1.54) is 25.5 Å². The van der Waals surface area contributed by atoms with Gasteiger partial charge in [0.15, 0.2) is 0 Å². The van der Waals surface area contributed by atoms with Gasteiger partial charge >= 0.3 is 0 Å². The van der Waals surface area contributed by atoms with Crippen molar-refractivity contribution in [2.24, 2.45) is 5.92 Å². The number of halogens is 1. The second-order valence-electron chi connectivity index (χ2n) is 5.22. The third kappa shape index (κ3) is 3.60. The number of nitrogens with one attached hydrogen (secondary N) is 1. The van der Waals surface area contributed by atoms with E-state index in [4.69, 9.17) is 17.3 Å². The van der Waals surface area contributed by atoms with Gasteiger partial charge in [-0.25, -0.2) is 4.98 Å². The van der Waals surface area contributed by atoms with Crippen LogP contribution in [-0.4, -0.2) is 16.9 Å². The number of anilines is 1. The van der Waals surface area contributed by atoms with Crippen LogP contribution in [0.3, 0.4) is 0 Å². The highest BCUT2D eigenvalue weighted by Crippen LogP contribution is 2.27. The van der Waals surface area contributed by atoms with Crippen LogP contribution in [0.2, 0.25) is 5.15 Å². The molecule has 0 aliphatic heterocycles. The summed E-state index contributed by atoms with van der Waals surface area (Å²) in [5, 5.41) is 3.25. The van der Waals surface area contributed by atoms with Gasteiger partial charge in [-0.05, 0) is 24.8 Å². The van der Waals surface area contributed by atoms with Crippen LogP contribution in [0.25, 0.3) is 0 Å². The molecule has 1 aromatic heterocycles. The average molecular weight is 282 g/mol. The Morgan fingerprint density at radius 3 is 3.11 bits per heavy atom. The van der Waals surface area contributed by atoms with Crippen molar-refractivity contribution in [1.82, 2.24) is 10.3 Å². The molecule has 1 saturated carbocycles. The van der Waals surface area contributed by atoms with E-state index in [9.17, 15) is 4.79 Å². The molecule has 1 aromatic rings. The van der Waals surface area contributed by atoms with E-state index in [-0.39, 0.29) is 17.1 Å². The van der Waals surface area contributed by atoms with Gasteiger partial charge in [-0.3, -0.25) is 4.79 Å². The molecule has 0 aromatic carbocycles. The van der Waals surface area contributed by atoms with Gasteiger partial charge in [0.25, 0.3) is 5.91 Å². The van der Waals surface area contributed by atoms with E-state index in [1.54, 1.807) is 6.07 Å². The lowest BCUT2D eigenvalue weighted by atomic mass is 9.84. The first-order valence-corrected chi connectivity index (χ1v) is 7.19. The molecule has 1 heterocycles. The molecule has 0 bridgehead atoms. The summed E-state index contributed by atoms with van der Waals surface area (Å²) < 4.78 is 0. The molecule has 5 heteroatoms. The second-order valence-corrected chi connectivity index (χ2v) is 5.58. The summed E-state index contributed by atoms with van der Waals surface area (Å²) in [6, 6.07) is 1.81. The highest BCUT2D eigenvalue weighted by molar-refractivity contribution is 6.32. The van der Waals surface area contributed by atoms with Gasteiger partial charge in [-0.2, -0.15) is 0 Å². The minimum absolute atomic E-state index is 0.174. The number of carbonyl (C=O) groups excluding carboxylic acids is 1. The summed E-state index contributed by atoms with van der Waals surface area (Å²) in [5.41, 5.74) is 6.45. The van der Waals surface area contributed by atoms with Crippen LogP contribution in [0.15, 0.2) is 12.3 Å². The van der Waals surface area contributed by atoms with Crippen LogP contribution >= 0.6 is 11.6 Å². The number of nitrogens with zero attached hydrogens (tertiary/aromatic N) is 1. The van der Waals surface area contributed by atoms with Crippen molar-refractivity contribution in [3.63, 3.8) is 0 Å². The van der Waals surface area contributed by atoms with Gasteiger partial charge in [0.05, 0.1) is 17.4 Å². The Morgan fingerprint density at radius 2 is 2.37 bits per heavy atom. The lowest BCUT2D eigenvalue weighted by molar-refractivity contribution is 0.0919. The Bertz CT molecular complexity index is 464. The molecule has 1 aliphatic rings. The van der Waals surface area contributed by atoms with Crippen molar-refractivity contribution in [2.45, 2.75) is 45.1 Å². The van der Waals surface area contributed by atoms with Gasteiger partial charge < -0.3 is 11.1 Å². The largest absolute Gasteiger partial charge is 0.397 e. The van der Waals surface area contributed by atoms with Crippen LogP contribution in [0.1, 0.15) is 49.4 Å². The van der Waals surface area contributed by atoms with Crippen LogP contribution < -0.4 is 11.1 Å². The summed E-state index contributed by atoms with van der Waals surface area (Å²) >= 11 is 5.94. The summed E-state index contributed by atoms with van der Waals surface area (Å²) in [6.07, 6.45) is 7.15. The first-order valence-electron chi connectivity index (χ1n) is 6.82. The Morgan fingerprint density at radius 1 is 1.58 bits per heavy atom. The number of rotatable bonds is 3. The molecule has 1 aliphatic carbocycles. The number of aromatic nitrogens is 1. The molecule has 0 saturated heterocycles. The number of pyridine rings is 1. The minimum Gasteiger partial charge on any atom is -0.397 e. The normalized spacial score (nSPS) is 23.1. The predicted octanol–water partition coefficient (Wildman–Crippen LogP) is 3.02. The standard InChI is InChI=1S/C14H20ClN3O/c1-2-9-4-3-5-11(6-9)18-14(19)12-7-10(16)8-17-13(12)15/h7-9,11H,2-6,16H2,1H3,(H,18,19). The van der Waals surface area contributed by atoms with E-state index in [0.29, 0.717) is 17.2 Å². The molecule has 2 unspecified atom stereocenters. The van der Waals surface area contributed by atoms with Crippen molar-refractivity contribution in [2.75, 3.05) is 5.73 Å². The van der Waals surface area contributed by atoms with E-state index < -0.39 is 0 Å². The van der Waals surface area contributed by atoms with Gasteiger partial charge in [0.1, 0.15) is 5.15 Å². The van der Waals surface area contributed by atoms with Crippen LogP contribution in [0.5, 0.6) is 0 Å². The molecule has 3 N–H and O–H groups in total. The quantitative estimate of drug-likeness (QED) is 0.837. The maximum absolute atomic E-state index is 12.2. The first-order chi connectivity index (χ1) is 9.10. The van der Waals surface area contributed by atoms with Crippen molar-refractivity contribution in [3.05, 3.63) is 23.0 Å². The molecule has 4 nitrogen and oxygen atoms in total. The fourth-order valence-electron chi connectivity index (χ4n) is 2.68. The summed E-state index contributed by atoms with van der Waals surface area (Å²) in [5.74, 6) is 0.542. The highest BCUT2D eigenvalue weighted by Gasteiger charge is 2.23. The molecular formula is C14H20ClN3O. The lowest BCUT2D eigenvalue weighted by Crippen LogP contribution is -2.38. The molecule has 1 fully saturated rings. The number of carbonyl (C=O) groups is 1. The molecule has 0 spiro atoms. The SMILES string of the molecule is CCC1CCCC(NC(=O)c2cc(N)cnc2Cl)C1. The zero-order chi connectivity index (χ0) is 13.8. The summed E-state index contributed by atoms with van der Waals surface area (Å²) in [7, 11) is 0. The van der Waals surface area contributed by atoms with Gasteiger partial charge in [-0.1, -0.05) is 37.8 Å². The lowest BCUT2D eigenvalue weighted by Gasteiger charge is -2.29. The fourth-order valence-corrected chi connectivity index (χ4v) is 2.87. The van der Waals surface area contributed by atoms with Crippen molar-refractivity contribution < 1.29 is 4.79 Å². The van der Waals surface area contributed by atoms with E-state index in [0.717, 1.165) is 12.8 Å². The smallest absolute Gasteiger partial charge is 0.254 e. The van der Waals surface area contributed by atoms with Crippen LogP contribution in [-0.2, 0) is 0 Å². The van der Waals surface area contributed by atoms with Gasteiger partial charge in [-0.15, -0.1) is 0 Å². The van der Waals surface area contributed by atoms with E-state index >= 15 is 0 Å². The van der Waals surface area contributed by atoms with Crippen molar-refractivity contribution in [3.8, 4) is 0 Å². The van der Waals surface area contributed by atoms with E-state index in [2.05, 4.69) is 17.2 Å². The third-order valence-electron chi connectivity index (χ3n) is 3.80. The summed E-state index contributed by atoms with van der Waals surface area (Å²) in [6.45, 7) is 2.20. The average Bonchev–Trinajstić information content (AvgIpc) is 2.41. The fraction of sp³-hybridized carbons (Fsp3) is 0.571. The maximum atomic E-state index is 12.2. The van der Waals surface area contributed by atoms with E-state index in [1.807, 2.05) is 0 Å². The predicted molar refractivity (Wildman–Crippen MR) is 77.2 cm³/mol. The number of amides is 1. The monoisotopic (exact) mass is 281 g/mol. The zero-order valence-electron chi connectivity index (χ0n) is 11.2. The topological polar surface area (TPSA) is 68.0 Å². The Balaban J connectivity index is 2.02. The Labute approximate surface area is 118 Å². The first kappa shape index (κ1) is 14.1. The molecule has 104 valence electrons. The van der Waals surface area contributed by atoms with Crippen LogP contribution in [0, 0.1) is 5.92 Å². The molecule has 0 radical (unpaired) electrons. The zero-order valence-corrected chi connectivity index (χ0v) is 11.9. The van der Waals surface area contributed by atoms with Crippen molar-refractivity contribution >= 4 is 23.2 Å².